The van der Waals surface area contributed by atoms with Gasteiger partial charge in [-0.15, -0.1) is 0 Å². The van der Waals surface area contributed by atoms with E-state index in [4.69, 9.17) is 4.74 Å². The van der Waals surface area contributed by atoms with Gasteiger partial charge in [0.25, 0.3) is 5.91 Å². The highest BCUT2D eigenvalue weighted by Crippen LogP contribution is 2.12. The number of rotatable bonds is 9. The Labute approximate surface area is 121 Å². The number of nitrogens with one attached hydrogen (secondary N) is 2. The molecule has 5 heteroatoms. The van der Waals surface area contributed by atoms with E-state index < -0.39 is 0 Å². The summed E-state index contributed by atoms with van der Waals surface area (Å²) in [5, 5.41) is 6.19. The van der Waals surface area contributed by atoms with Crippen LogP contribution in [0.2, 0.25) is 0 Å². The number of hydrogen-bond donors (Lipinski definition) is 2. The summed E-state index contributed by atoms with van der Waals surface area (Å²) in [6, 6.07) is 3.60. The summed E-state index contributed by atoms with van der Waals surface area (Å²) in [6.07, 6.45) is 4.58. The van der Waals surface area contributed by atoms with Crippen LogP contribution in [0, 0.1) is 0 Å². The first kappa shape index (κ1) is 16.4. The molecule has 0 spiro atoms. The minimum Gasteiger partial charge on any atom is -0.383 e. The smallest absolute Gasteiger partial charge is 0.255 e. The van der Waals surface area contributed by atoms with Gasteiger partial charge in [0.2, 0.25) is 0 Å². The number of hydrogen-bond acceptors (Lipinski definition) is 4. The van der Waals surface area contributed by atoms with E-state index in [9.17, 15) is 4.79 Å². The predicted octanol–water partition coefficient (Wildman–Crippen LogP) is 2.45. The molecule has 1 amide bonds. The molecule has 0 bridgehead atoms. The van der Waals surface area contributed by atoms with Crippen molar-refractivity contribution >= 4 is 11.7 Å². The average molecular weight is 279 g/mol. The molecular weight excluding hydrogens is 254 g/mol. The fourth-order valence-electron chi connectivity index (χ4n) is 1.98. The SMILES string of the molecule is CCCNc1ncccc1C(=O)NC(CCC)COC. The number of methoxy groups -OCH3 is 1. The summed E-state index contributed by atoms with van der Waals surface area (Å²) >= 11 is 0. The number of carbonyl (C=O) groups is 1. The molecule has 1 heterocycles. The molecule has 0 fully saturated rings. The van der Waals surface area contributed by atoms with Crippen LogP contribution in [-0.2, 0) is 4.74 Å². The van der Waals surface area contributed by atoms with Gasteiger partial charge < -0.3 is 15.4 Å². The average Bonchev–Trinajstić information content (AvgIpc) is 2.46. The van der Waals surface area contributed by atoms with E-state index in [1.807, 2.05) is 0 Å². The topological polar surface area (TPSA) is 63.2 Å². The van der Waals surface area contributed by atoms with Crippen molar-refractivity contribution in [3.8, 4) is 0 Å². The van der Waals surface area contributed by atoms with E-state index in [2.05, 4.69) is 29.5 Å². The molecule has 20 heavy (non-hydrogen) atoms. The lowest BCUT2D eigenvalue weighted by atomic mass is 10.1. The molecule has 0 aliphatic heterocycles. The molecule has 0 aliphatic carbocycles. The number of ether oxygens (including phenoxy) is 1. The van der Waals surface area contributed by atoms with Crippen LogP contribution >= 0.6 is 0 Å². The van der Waals surface area contributed by atoms with E-state index in [-0.39, 0.29) is 11.9 Å². The molecule has 1 aromatic rings. The van der Waals surface area contributed by atoms with Crippen molar-refractivity contribution in [1.29, 1.82) is 0 Å². The van der Waals surface area contributed by atoms with Crippen LogP contribution in [0.25, 0.3) is 0 Å². The molecule has 0 aromatic carbocycles. The fraction of sp³-hybridized carbons (Fsp3) is 0.600. The van der Waals surface area contributed by atoms with E-state index in [1.165, 1.54) is 0 Å². The second-order valence-corrected chi connectivity index (χ2v) is 4.74. The van der Waals surface area contributed by atoms with Gasteiger partial charge in [0, 0.05) is 19.9 Å². The van der Waals surface area contributed by atoms with Gasteiger partial charge >= 0.3 is 0 Å². The number of pyridine rings is 1. The second kappa shape index (κ2) is 9.31. The fourth-order valence-corrected chi connectivity index (χ4v) is 1.98. The predicted molar refractivity (Wildman–Crippen MR) is 81.1 cm³/mol. The van der Waals surface area contributed by atoms with E-state index in [0.29, 0.717) is 18.0 Å². The second-order valence-electron chi connectivity index (χ2n) is 4.74. The van der Waals surface area contributed by atoms with Crippen molar-refractivity contribution in [1.82, 2.24) is 10.3 Å². The first-order chi connectivity index (χ1) is 9.72. The lowest BCUT2D eigenvalue weighted by Crippen LogP contribution is -2.38. The minimum atomic E-state index is -0.104. The molecule has 1 atom stereocenters. The first-order valence-electron chi connectivity index (χ1n) is 7.21. The van der Waals surface area contributed by atoms with Crippen molar-refractivity contribution in [2.45, 2.75) is 39.2 Å². The standard InChI is InChI=1S/C15H25N3O2/c1-4-7-12(11-20-3)18-15(19)13-8-6-10-17-14(13)16-9-5-2/h6,8,10,12H,4-5,7,9,11H2,1-3H3,(H,16,17)(H,18,19). The largest absolute Gasteiger partial charge is 0.383 e. The zero-order valence-corrected chi connectivity index (χ0v) is 12.6. The van der Waals surface area contributed by atoms with Gasteiger partial charge in [-0.2, -0.15) is 0 Å². The van der Waals surface area contributed by atoms with Gasteiger partial charge in [-0.05, 0) is 25.0 Å². The zero-order chi connectivity index (χ0) is 14.8. The quantitative estimate of drug-likeness (QED) is 0.729. The summed E-state index contributed by atoms with van der Waals surface area (Å²) in [7, 11) is 1.65. The van der Waals surface area contributed by atoms with Crippen molar-refractivity contribution in [2.75, 3.05) is 25.6 Å². The number of anilines is 1. The summed E-state index contributed by atoms with van der Waals surface area (Å²) in [5.74, 6) is 0.534. The maximum absolute atomic E-state index is 12.3. The molecule has 5 nitrogen and oxygen atoms in total. The van der Waals surface area contributed by atoms with Crippen LogP contribution < -0.4 is 10.6 Å². The van der Waals surface area contributed by atoms with Gasteiger partial charge in [-0.1, -0.05) is 20.3 Å². The lowest BCUT2D eigenvalue weighted by Gasteiger charge is -2.18. The number of nitrogens with zero attached hydrogens (tertiary/aromatic N) is 1. The molecule has 0 saturated carbocycles. The van der Waals surface area contributed by atoms with Crippen molar-refractivity contribution < 1.29 is 9.53 Å². The summed E-state index contributed by atoms with van der Waals surface area (Å²) < 4.78 is 5.14. The van der Waals surface area contributed by atoms with Crippen molar-refractivity contribution in [2.24, 2.45) is 0 Å². The third-order valence-electron chi connectivity index (χ3n) is 2.93. The van der Waals surface area contributed by atoms with Gasteiger partial charge in [0.1, 0.15) is 5.82 Å². The first-order valence-corrected chi connectivity index (χ1v) is 7.21. The molecule has 1 rings (SSSR count). The van der Waals surface area contributed by atoms with Gasteiger partial charge in [-0.25, -0.2) is 4.98 Å². The van der Waals surface area contributed by atoms with Gasteiger partial charge in [0.05, 0.1) is 18.2 Å². The summed E-state index contributed by atoms with van der Waals surface area (Å²) in [4.78, 5) is 16.6. The summed E-state index contributed by atoms with van der Waals surface area (Å²) in [6.45, 7) is 5.49. The number of carbonyl (C=O) groups excluding carboxylic acids is 1. The van der Waals surface area contributed by atoms with E-state index in [0.717, 1.165) is 25.8 Å². The van der Waals surface area contributed by atoms with Crippen LogP contribution in [-0.4, -0.2) is 37.2 Å². The molecule has 2 N–H and O–H groups in total. The van der Waals surface area contributed by atoms with Crippen LogP contribution in [0.15, 0.2) is 18.3 Å². The third-order valence-corrected chi connectivity index (χ3v) is 2.93. The Bertz CT molecular complexity index is 404. The van der Waals surface area contributed by atoms with E-state index in [1.54, 1.807) is 25.4 Å². The van der Waals surface area contributed by atoms with Crippen LogP contribution in [0.4, 0.5) is 5.82 Å². The number of aromatic nitrogens is 1. The Morgan fingerprint density at radius 3 is 2.85 bits per heavy atom. The molecule has 1 unspecified atom stereocenters. The normalized spacial score (nSPS) is 11.9. The van der Waals surface area contributed by atoms with E-state index >= 15 is 0 Å². The Hall–Kier alpha value is -1.62. The van der Waals surface area contributed by atoms with Crippen molar-refractivity contribution in [3.05, 3.63) is 23.9 Å². The van der Waals surface area contributed by atoms with Crippen LogP contribution in [0.1, 0.15) is 43.5 Å². The maximum atomic E-state index is 12.3. The molecule has 1 aromatic heterocycles. The Kier molecular flexibility index (Phi) is 7.65. The van der Waals surface area contributed by atoms with Crippen LogP contribution in [0.3, 0.4) is 0 Å². The monoisotopic (exact) mass is 279 g/mol. The highest BCUT2D eigenvalue weighted by atomic mass is 16.5. The maximum Gasteiger partial charge on any atom is 0.255 e. The molecule has 0 radical (unpaired) electrons. The minimum absolute atomic E-state index is 0.0386. The Morgan fingerprint density at radius 2 is 2.20 bits per heavy atom. The Balaban J connectivity index is 2.74. The Morgan fingerprint density at radius 1 is 1.40 bits per heavy atom. The lowest BCUT2D eigenvalue weighted by molar-refractivity contribution is 0.0892. The third kappa shape index (κ3) is 5.17. The molecule has 0 aliphatic rings. The number of amides is 1. The molecule has 0 saturated heterocycles. The van der Waals surface area contributed by atoms with Gasteiger partial charge in [-0.3, -0.25) is 4.79 Å². The summed E-state index contributed by atoms with van der Waals surface area (Å²) in [5.41, 5.74) is 0.582. The van der Waals surface area contributed by atoms with Crippen LogP contribution in [0.5, 0.6) is 0 Å². The van der Waals surface area contributed by atoms with Gasteiger partial charge in [0.15, 0.2) is 0 Å². The molecular formula is C15H25N3O2. The van der Waals surface area contributed by atoms with Crippen molar-refractivity contribution in [3.63, 3.8) is 0 Å². The highest BCUT2D eigenvalue weighted by molar-refractivity contribution is 5.98. The highest BCUT2D eigenvalue weighted by Gasteiger charge is 2.16. The zero-order valence-electron chi connectivity index (χ0n) is 12.6. The molecule has 112 valence electrons.